The van der Waals surface area contributed by atoms with E-state index in [-0.39, 0.29) is 24.8 Å². The quantitative estimate of drug-likeness (QED) is 0.758. The summed E-state index contributed by atoms with van der Waals surface area (Å²) in [6.45, 7) is 1.32. The summed E-state index contributed by atoms with van der Waals surface area (Å²) in [5.41, 5.74) is -1.12. The fourth-order valence-electron chi connectivity index (χ4n) is 1.62. The Balaban J connectivity index is 2.60. The Morgan fingerprint density at radius 2 is 2.20 bits per heavy atom. The van der Waals surface area contributed by atoms with Crippen LogP contribution in [0.3, 0.4) is 0 Å². The highest BCUT2D eigenvalue weighted by molar-refractivity contribution is 5.74. The maximum atomic E-state index is 12.7. The van der Waals surface area contributed by atoms with Gasteiger partial charge >= 0.3 is 12.2 Å². The van der Waals surface area contributed by atoms with E-state index in [0.717, 1.165) is 4.68 Å². The fraction of sp³-hybridized carbons (Fsp3) is 0.636. The number of carbonyl (C=O) groups excluding carboxylic acids is 1. The van der Waals surface area contributed by atoms with E-state index >= 15 is 0 Å². The Labute approximate surface area is 114 Å². The smallest absolute Gasteiger partial charge is 0.396 e. The Kier molecular flexibility index (Phi) is 5.37. The maximum Gasteiger partial charge on any atom is 0.435 e. The van der Waals surface area contributed by atoms with Crippen molar-refractivity contribution >= 4 is 6.03 Å². The largest absolute Gasteiger partial charge is 0.435 e. The maximum absolute atomic E-state index is 12.7. The number of rotatable bonds is 5. The molecule has 0 spiro atoms. The zero-order valence-corrected chi connectivity index (χ0v) is 11.2. The van der Waals surface area contributed by atoms with Crippen molar-refractivity contribution in [1.29, 1.82) is 0 Å². The molecular weight excluding hydrogens is 277 g/mol. The van der Waals surface area contributed by atoms with Crippen molar-refractivity contribution < 1.29 is 23.1 Å². The molecule has 114 valence electrons. The summed E-state index contributed by atoms with van der Waals surface area (Å²) in [6.07, 6.45) is -2.98. The van der Waals surface area contributed by atoms with Crippen LogP contribution < -0.4 is 10.6 Å². The standard InChI is InChI=1S/C11H17F3N4O2/c1-7(3-4-19)16-10(20)15-5-8-6-18(2)17-9(8)11(12,13)14/h6-7,19H,3-5H2,1-2H3,(H2,15,16,20)/t7-/m1/s1. The number of aromatic nitrogens is 2. The van der Waals surface area contributed by atoms with E-state index in [1.165, 1.54) is 13.2 Å². The SMILES string of the molecule is C[C@H](CCO)NC(=O)NCc1cn(C)nc1C(F)(F)F. The minimum atomic E-state index is -4.56. The first-order valence-corrected chi connectivity index (χ1v) is 5.99. The summed E-state index contributed by atoms with van der Waals surface area (Å²) >= 11 is 0. The van der Waals surface area contributed by atoms with Crippen LogP contribution >= 0.6 is 0 Å². The molecule has 20 heavy (non-hydrogen) atoms. The van der Waals surface area contributed by atoms with Gasteiger partial charge in [0, 0.05) is 38.0 Å². The third-order valence-corrected chi connectivity index (χ3v) is 2.55. The molecule has 0 aliphatic rings. The zero-order valence-electron chi connectivity index (χ0n) is 11.2. The van der Waals surface area contributed by atoms with Crippen LogP contribution in [0.25, 0.3) is 0 Å². The summed E-state index contributed by atoms with van der Waals surface area (Å²) < 4.78 is 39.0. The Bertz CT molecular complexity index is 459. The van der Waals surface area contributed by atoms with Gasteiger partial charge in [-0.15, -0.1) is 0 Å². The van der Waals surface area contributed by atoms with Crippen molar-refractivity contribution in [2.24, 2.45) is 7.05 Å². The van der Waals surface area contributed by atoms with E-state index in [0.29, 0.717) is 6.42 Å². The van der Waals surface area contributed by atoms with Gasteiger partial charge in [-0.2, -0.15) is 18.3 Å². The Hall–Kier alpha value is -1.77. The molecule has 1 aromatic rings. The van der Waals surface area contributed by atoms with Crippen molar-refractivity contribution in [2.45, 2.75) is 32.1 Å². The van der Waals surface area contributed by atoms with Gasteiger partial charge in [-0.25, -0.2) is 4.79 Å². The van der Waals surface area contributed by atoms with Gasteiger partial charge in [-0.1, -0.05) is 0 Å². The predicted octanol–water partition coefficient (Wildman–Crippen LogP) is 1.01. The van der Waals surface area contributed by atoms with E-state index in [2.05, 4.69) is 15.7 Å². The highest BCUT2D eigenvalue weighted by Gasteiger charge is 2.36. The summed E-state index contributed by atoms with van der Waals surface area (Å²) in [6, 6.07) is -0.862. The van der Waals surface area contributed by atoms with Crippen LogP contribution in [0.4, 0.5) is 18.0 Å². The van der Waals surface area contributed by atoms with Gasteiger partial charge in [0.1, 0.15) is 0 Å². The van der Waals surface area contributed by atoms with Crippen molar-refractivity contribution in [3.05, 3.63) is 17.5 Å². The van der Waals surface area contributed by atoms with Gasteiger partial charge in [-0.3, -0.25) is 4.68 Å². The second-order valence-electron chi connectivity index (χ2n) is 4.41. The van der Waals surface area contributed by atoms with Crippen LogP contribution in [0.15, 0.2) is 6.20 Å². The topological polar surface area (TPSA) is 79.2 Å². The van der Waals surface area contributed by atoms with Gasteiger partial charge < -0.3 is 15.7 Å². The molecule has 0 aromatic carbocycles. The van der Waals surface area contributed by atoms with E-state index in [1.54, 1.807) is 6.92 Å². The summed E-state index contributed by atoms with van der Waals surface area (Å²) in [7, 11) is 1.38. The van der Waals surface area contributed by atoms with Crippen molar-refractivity contribution in [1.82, 2.24) is 20.4 Å². The van der Waals surface area contributed by atoms with E-state index in [4.69, 9.17) is 5.11 Å². The monoisotopic (exact) mass is 294 g/mol. The molecule has 2 amide bonds. The van der Waals surface area contributed by atoms with Crippen LogP contribution in [0.5, 0.6) is 0 Å². The molecular formula is C11H17F3N4O2. The number of alkyl halides is 3. The molecule has 1 heterocycles. The van der Waals surface area contributed by atoms with Gasteiger partial charge in [-0.05, 0) is 13.3 Å². The van der Waals surface area contributed by atoms with Crippen LogP contribution in [-0.4, -0.2) is 33.6 Å². The predicted molar refractivity (Wildman–Crippen MR) is 64.7 cm³/mol. The number of nitrogens with zero attached hydrogens (tertiary/aromatic N) is 2. The molecule has 3 N–H and O–H groups in total. The minimum Gasteiger partial charge on any atom is -0.396 e. The van der Waals surface area contributed by atoms with Gasteiger partial charge in [0.05, 0.1) is 0 Å². The molecule has 0 radical (unpaired) electrons. The third kappa shape index (κ3) is 4.72. The molecule has 0 unspecified atom stereocenters. The van der Waals surface area contributed by atoms with Crippen LogP contribution in [-0.2, 0) is 19.8 Å². The first-order chi connectivity index (χ1) is 9.24. The summed E-state index contributed by atoms with van der Waals surface area (Å²) in [5, 5.41) is 16.8. The van der Waals surface area contributed by atoms with Crippen LogP contribution in [0, 0.1) is 0 Å². The number of aliphatic hydroxyl groups excluding tert-OH is 1. The zero-order chi connectivity index (χ0) is 15.3. The molecule has 1 rings (SSSR count). The van der Waals surface area contributed by atoms with Crippen molar-refractivity contribution in [2.75, 3.05) is 6.61 Å². The second kappa shape index (κ2) is 6.60. The lowest BCUT2D eigenvalue weighted by molar-refractivity contribution is -0.142. The molecule has 0 fully saturated rings. The highest BCUT2D eigenvalue weighted by atomic mass is 19.4. The number of hydrogen-bond donors (Lipinski definition) is 3. The van der Waals surface area contributed by atoms with E-state index in [1.807, 2.05) is 0 Å². The average molecular weight is 294 g/mol. The number of amides is 2. The molecule has 0 aliphatic heterocycles. The van der Waals surface area contributed by atoms with Crippen molar-refractivity contribution in [3.63, 3.8) is 0 Å². The van der Waals surface area contributed by atoms with Gasteiger partial charge in [0.15, 0.2) is 5.69 Å². The third-order valence-electron chi connectivity index (χ3n) is 2.55. The number of carbonyl (C=O) groups is 1. The van der Waals surface area contributed by atoms with Crippen molar-refractivity contribution in [3.8, 4) is 0 Å². The number of nitrogens with one attached hydrogen (secondary N) is 2. The Morgan fingerprint density at radius 1 is 1.55 bits per heavy atom. The molecule has 0 aliphatic carbocycles. The minimum absolute atomic E-state index is 0.0811. The lowest BCUT2D eigenvalue weighted by atomic mass is 10.2. The van der Waals surface area contributed by atoms with Gasteiger partial charge in [0.2, 0.25) is 0 Å². The molecule has 0 bridgehead atoms. The number of halogens is 3. The number of aryl methyl sites for hydroxylation is 1. The number of hydrogen-bond acceptors (Lipinski definition) is 3. The van der Waals surface area contributed by atoms with Crippen LogP contribution in [0.1, 0.15) is 24.6 Å². The average Bonchev–Trinajstić information content (AvgIpc) is 2.68. The Morgan fingerprint density at radius 3 is 2.75 bits per heavy atom. The first kappa shape index (κ1) is 16.3. The van der Waals surface area contributed by atoms with Gasteiger partial charge in [0.25, 0.3) is 0 Å². The lowest BCUT2D eigenvalue weighted by Gasteiger charge is -2.13. The highest BCUT2D eigenvalue weighted by Crippen LogP contribution is 2.30. The van der Waals surface area contributed by atoms with E-state index < -0.39 is 17.9 Å². The lowest BCUT2D eigenvalue weighted by Crippen LogP contribution is -2.40. The number of urea groups is 1. The fourth-order valence-corrected chi connectivity index (χ4v) is 1.62. The first-order valence-electron chi connectivity index (χ1n) is 5.99. The normalized spacial score (nSPS) is 13.1. The molecule has 0 saturated heterocycles. The molecule has 9 heteroatoms. The molecule has 1 aromatic heterocycles. The molecule has 0 saturated carbocycles. The summed E-state index contributed by atoms with van der Waals surface area (Å²) in [4.78, 5) is 11.5. The second-order valence-corrected chi connectivity index (χ2v) is 4.41. The molecule has 6 nitrogen and oxygen atoms in total. The van der Waals surface area contributed by atoms with Crippen LogP contribution in [0.2, 0.25) is 0 Å². The summed E-state index contributed by atoms with van der Waals surface area (Å²) in [5.74, 6) is 0. The number of aliphatic hydroxyl groups is 1. The molecule has 1 atom stereocenters. The van der Waals surface area contributed by atoms with E-state index in [9.17, 15) is 18.0 Å².